The molecule has 1 aliphatic rings. The monoisotopic (exact) mass is 281 g/mol. The molecule has 114 valence electrons. The first-order valence-corrected chi connectivity index (χ1v) is 7.19. The number of piperazine rings is 1. The van der Waals surface area contributed by atoms with Gasteiger partial charge in [-0.2, -0.15) is 13.2 Å². The zero-order valence-electron chi connectivity index (χ0n) is 11.8. The number of hydrogen-bond donors (Lipinski definition) is 1. The minimum absolute atomic E-state index is 0.333. The Morgan fingerprint density at radius 1 is 1.11 bits per heavy atom. The van der Waals surface area contributed by atoms with E-state index in [4.69, 9.17) is 5.73 Å². The molecule has 0 aromatic rings. The topological polar surface area (TPSA) is 32.5 Å². The fourth-order valence-electron chi connectivity index (χ4n) is 2.62. The maximum absolute atomic E-state index is 12.3. The van der Waals surface area contributed by atoms with Gasteiger partial charge in [0.1, 0.15) is 0 Å². The molecule has 1 rings (SSSR count). The van der Waals surface area contributed by atoms with Crippen LogP contribution < -0.4 is 5.73 Å². The van der Waals surface area contributed by atoms with Crippen molar-refractivity contribution in [1.29, 1.82) is 0 Å². The Bertz CT molecular complexity index is 238. The summed E-state index contributed by atoms with van der Waals surface area (Å²) in [6.45, 7) is 4.35. The minimum Gasteiger partial charge on any atom is -0.329 e. The highest BCUT2D eigenvalue weighted by Crippen LogP contribution is 2.18. The molecule has 0 radical (unpaired) electrons. The first kappa shape index (κ1) is 16.7. The van der Waals surface area contributed by atoms with Crippen LogP contribution >= 0.6 is 0 Å². The van der Waals surface area contributed by atoms with Gasteiger partial charge >= 0.3 is 6.18 Å². The third-order valence-corrected chi connectivity index (χ3v) is 3.74. The van der Waals surface area contributed by atoms with Crippen molar-refractivity contribution in [2.45, 2.75) is 44.8 Å². The summed E-state index contributed by atoms with van der Waals surface area (Å²) >= 11 is 0. The summed E-state index contributed by atoms with van der Waals surface area (Å²) in [6.07, 6.45) is 0.502. The number of unbranched alkanes of at least 4 members (excludes halogenated alkanes) is 2. The molecule has 0 amide bonds. The van der Waals surface area contributed by atoms with Crippen molar-refractivity contribution in [3.05, 3.63) is 0 Å². The first-order valence-electron chi connectivity index (χ1n) is 7.19. The fraction of sp³-hybridized carbons (Fsp3) is 1.00. The Morgan fingerprint density at radius 2 is 1.74 bits per heavy atom. The van der Waals surface area contributed by atoms with Crippen LogP contribution in [0.1, 0.15) is 32.6 Å². The van der Waals surface area contributed by atoms with Gasteiger partial charge in [-0.25, -0.2) is 0 Å². The number of halogens is 3. The third-order valence-electron chi connectivity index (χ3n) is 3.74. The highest BCUT2D eigenvalue weighted by Gasteiger charge is 2.32. The molecule has 0 bridgehead atoms. The van der Waals surface area contributed by atoms with Gasteiger partial charge in [0.25, 0.3) is 0 Å². The lowest BCUT2D eigenvalue weighted by Crippen LogP contribution is -2.53. The SMILES string of the molecule is CCCCCC(CN)N1CCN(CC(F)(F)F)CC1. The van der Waals surface area contributed by atoms with E-state index in [1.54, 1.807) is 0 Å². The van der Waals surface area contributed by atoms with Crippen molar-refractivity contribution in [2.75, 3.05) is 39.3 Å². The van der Waals surface area contributed by atoms with E-state index in [9.17, 15) is 13.2 Å². The van der Waals surface area contributed by atoms with E-state index < -0.39 is 12.7 Å². The molecule has 1 atom stereocenters. The molecule has 6 heteroatoms. The molecule has 0 aromatic carbocycles. The van der Waals surface area contributed by atoms with Gasteiger partial charge in [-0.3, -0.25) is 9.80 Å². The molecule has 0 aromatic heterocycles. The highest BCUT2D eigenvalue weighted by molar-refractivity contribution is 4.80. The zero-order valence-corrected chi connectivity index (χ0v) is 11.8. The maximum Gasteiger partial charge on any atom is 0.401 e. The van der Waals surface area contributed by atoms with E-state index in [0.29, 0.717) is 38.8 Å². The molecule has 1 saturated heterocycles. The smallest absolute Gasteiger partial charge is 0.329 e. The number of hydrogen-bond acceptors (Lipinski definition) is 3. The van der Waals surface area contributed by atoms with Gasteiger partial charge in [0.15, 0.2) is 0 Å². The van der Waals surface area contributed by atoms with Crippen LogP contribution in [-0.4, -0.2) is 61.3 Å². The number of nitrogens with zero attached hydrogens (tertiary/aromatic N) is 2. The van der Waals surface area contributed by atoms with Crippen molar-refractivity contribution in [1.82, 2.24) is 9.80 Å². The van der Waals surface area contributed by atoms with Crippen molar-refractivity contribution in [3.63, 3.8) is 0 Å². The molecular formula is C13H26F3N3. The van der Waals surface area contributed by atoms with Crippen LogP contribution in [0.15, 0.2) is 0 Å². The zero-order chi connectivity index (χ0) is 14.3. The average molecular weight is 281 g/mol. The lowest BCUT2D eigenvalue weighted by Gasteiger charge is -2.39. The van der Waals surface area contributed by atoms with Crippen molar-refractivity contribution < 1.29 is 13.2 Å². The quantitative estimate of drug-likeness (QED) is 0.725. The molecule has 0 saturated carbocycles. The second-order valence-corrected chi connectivity index (χ2v) is 5.31. The highest BCUT2D eigenvalue weighted by atomic mass is 19.4. The lowest BCUT2D eigenvalue weighted by atomic mass is 10.1. The molecule has 1 unspecified atom stereocenters. The predicted octanol–water partition coefficient (Wildman–Crippen LogP) is 2.07. The van der Waals surface area contributed by atoms with Crippen LogP contribution in [0.3, 0.4) is 0 Å². The summed E-state index contributed by atoms with van der Waals surface area (Å²) < 4.78 is 36.9. The van der Waals surface area contributed by atoms with Gasteiger partial charge in [0.05, 0.1) is 6.54 Å². The van der Waals surface area contributed by atoms with Gasteiger partial charge in [-0.15, -0.1) is 0 Å². The molecule has 1 aliphatic heterocycles. The Balaban J connectivity index is 2.30. The van der Waals surface area contributed by atoms with Gasteiger partial charge in [-0.1, -0.05) is 26.2 Å². The third kappa shape index (κ3) is 6.58. The van der Waals surface area contributed by atoms with Gasteiger partial charge in [0.2, 0.25) is 0 Å². The molecule has 2 N–H and O–H groups in total. The largest absolute Gasteiger partial charge is 0.401 e. The van der Waals surface area contributed by atoms with Crippen molar-refractivity contribution >= 4 is 0 Å². The van der Waals surface area contributed by atoms with E-state index in [1.165, 1.54) is 17.7 Å². The summed E-state index contributed by atoms with van der Waals surface area (Å²) in [5, 5.41) is 0. The van der Waals surface area contributed by atoms with Crippen LogP contribution in [0.4, 0.5) is 13.2 Å². The van der Waals surface area contributed by atoms with Crippen molar-refractivity contribution in [3.8, 4) is 0 Å². The van der Waals surface area contributed by atoms with Crippen LogP contribution in [0.5, 0.6) is 0 Å². The minimum atomic E-state index is -4.09. The second-order valence-electron chi connectivity index (χ2n) is 5.31. The van der Waals surface area contributed by atoms with Crippen LogP contribution in [0, 0.1) is 0 Å². The summed E-state index contributed by atoms with van der Waals surface area (Å²) in [4.78, 5) is 3.73. The molecular weight excluding hydrogens is 255 g/mol. The Morgan fingerprint density at radius 3 is 2.21 bits per heavy atom. The van der Waals surface area contributed by atoms with Crippen LogP contribution in [-0.2, 0) is 0 Å². The molecule has 1 fully saturated rings. The lowest BCUT2D eigenvalue weighted by molar-refractivity contribution is -0.149. The van der Waals surface area contributed by atoms with Crippen LogP contribution in [0.2, 0.25) is 0 Å². The van der Waals surface area contributed by atoms with E-state index in [0.717, 1.165) is 12.8 Å². The molecule has 1 heterocycles. The van der Waals surface area contributed by atoms with E-state index in [2.05, 4.69) is 11.8 Å². The van der Waals surface area contributed by atoms with E-state index in [-0.39, 0.29) is 0 Å². The Hall–Kier alpha value is -0.330. The molecule has 3 nitrogen and oxygen atoms in total. The van der Waals surface area contributed by atoms with Gasteiger partial charge in [-0.05, 0) is 6.42 Å². The number of alkyl halides is 3. The van der Waals surface area contributed by atoms with Gasteiger partial charge < -0.3 is 5.73 Å². The fourth-order valence-corrected chi connectivity index (χ4v) is 2.62. The average Bonchev–Trinajstić information content (AvgIpc) is 2.34. The summed E-state index contributed by atoms with van der Waals surface area (Å²) in [5.41, 5.74) is 5.79. The predicted molar refractivity (Wildman–Crippen MR) is 71.1 cm³/mol. The molecule has 19 heavy (non-hydrogen) atoms. The standard InChI is InChI=1S/C13H26F3N3/c1-2-3-4-5-12(10-17)19-8-6-18(7-9-19)11-13(14,15)16/h12H,2-11,17H2,1H3. The number of rotatable bonds is 7. The normalized spacial score (nSPS) is 20.7. The second kappa shape index (κ2) is 8.07. The summed E-state index contributed by atoms with van der Waals surface area (Å²) in [7, 11) is 0. The van der Waals surface area contributed by atoms with Crippen LogP contribution in [0.25, 0.3) is 0 Å². The van der Waals surface area contributed by atoms with Crippen molar-refractivity contribution in [2.24, 2.45) is 5.73 Å². The summed E-state index contributed by atoms with van der Waals surface area (Å²) in [6, 6.07) is 0.333. The number of nitrogens with two attached hydrogens (primary N) is 1. The molecule has 0 spiro atoms. The molecule has 0 aliphatic carbocycles. The van der Waals surface area contributed by atoms with E-state index in [1.807, 2.05) is 0 Å². The van der Waals surface area contributed by atoms with E-state index >= 15 is 0 Å². The Labute approximate surface area is 113 Å². The maximum atomic E-state index is 12.3. The Kier molecular flexibility index (Phi) is 7.10. The summed E-state index contributed by atoms with van der Waals surface area (Å²) in [5.74, 6) is 0. The van der Waals surface area contributed by atoms with Gasteiger partial charge in [0, 0.05) is 38.8 Å². The first-order chi connectivity index (χ1) is 8.96.